The van der Waals surface area contributed by atoms with E-state index in [-0.39, 0.29) is 5.91 Å². The quantitative estimate of drug-likeness (QED) is 0.671. The van der Waals surface area contributed by atoms with E-state index in [0.29, 0.717) is 19.6 Å². The van der Waals surface area contributed by atoms with Crippen LogP contribution in [0, 0.1) is 6.92 Å². The predicted octanol–water partition coefficient (Wildman–Crippen LogP) is -0.929. The van der Waals surface area contributed by atoms with Gasteiger partial charge in [0.1, 0.15) is 6.04 Å². The fourth-order valence-corrected chi connectivity index (χ4v) is 3.93. The lowest BCUT2D eigenvalue weighted by atomic mass is 10.00. The van der Waals surface area contributed by atoms with Gasteiger partial charge in [-0.3, -0.25) is 9.48 Å². The molecule has 1 aliphatic rings. The fourth-order valence-electron chi connectivity index (χ4n) is 2.67. The second-order valence-electron chi connectivity index (χ2n) is 5.57. The Kier molecular flexibility index (Phi) is 5.40. The van der Waals surface area contributed by atoms with Gasteiger partial charge < -0.3 is 10.1 Å². The first-order chi connectivity index (χ1) is 10.8. The van der Waals surface area contributed by atoms with Gasteiger partial charge in [0.05, 0.1) is 18.3 Å². The van der Waals surface area contributed by atoms with E-state index in [9.17, 15) is 13.2 Å². The highest BCUT2D eigenvalue weighted by atomic mass is 32.2. The van der Waals surface area contributed by atoms with Gasteiger partial charge in [-0.15, -0.1) is 0 Å². The Morgan fingerprint density at radius 3 is 2.78 bits per heavy atom. The standard InChI is InChI=1S/C13H23N5O4S/c1-9-10(8-17(2)15-9)11-7-12(13(19)14-5-6-22-4)18(3)23(20,21)16-11/h8,11-12,16H,5-7H2,1-4H3,(H,14,19)/t11-,12+/m1/s1. The Hall–Kier alpha value is -1.49. The van der Waals surface area contributed by atoms with E-state index in [1.165, 1.54) is 14.2 Å². The molecule has 9 nitrogen and oxygen atoms in total. The Labute approximate surface area is 136 Å². The molecule has 1 aliphatic heterocycles. The van der Waals surface area contributed by atoms with Crippen LogP contribution in [0.5, 0.6) is 0 Å². The van der Waals surface area contributed by atoms with Crippen LogP contribution in [-0.4, -0.2) is 61.8 Å². The number of hydrogen-bond donors (Lipinski definition) is 2. The molecule has 10 heteroatoms. The van der Waals surface area contributed by atoms with E-state index < -0.39 is 22.3 Å². The van der Waals surface area contributed by atoms with Crippen LogP contribution >= 0.6 is 0 Å². The number of nitrogens with zero attached hydrogens (tertiary/aromatic N) is 3. The second-order valence-corrected chi connectivity index (χ2v) is 7.33. The number of carbonyl (C=O) groups excluding carboxylic acids is 1. The summed E-state index contributed by atoms with van der Waals surface area (Å²) in [6.07, 6.45) is 2.11. The number of nitrogens with one attached hydrogen (secondary N) is 2. The number of aromatic nitrogens is 2. The van der Waals surface area contributed by atoms with Crippen molar-refractivity contribution in [1.82, 2.24) is 24.1 Å². The van der Waals surface area contributed by atoms with Crippen molar-refractivity contribution in [2.75, 3.05) is 27.3 Å². The van der Waals surface area contributed by atoms with Gasteiger partial charge >= 0.3 is 0 Å². The molecule has 1 saturated heterocycles. The average molecular weight is 345 g/mol. The lowest BCUT2D eigenvalue weighted by Gasteiger charge is -2.36. The highest BCUT2D eigenvalue weighted by Gasteiger charge is 2.41. The molecule has 0 aliphatic carbocycles. The number of hydrogen-bond acceptors (Lipinski definition) is 5. The number of aryl methyl sites for hydroxylation is 2. The first-order valence-corrected chi connectivity index (χ1v) is 8.72. The average Bonchev–Trinajstić information content (AvgIpc) is 2.80. The van der Waals surface area contributed by atoms with Gasteiger partial charge in [0.2, 0.25) is 5.91 Å². The van der Waals surface area contributed by atoms with Gasteiger partial charge in [0, 0.05) is 39.5 Å². The Morgan fingerprint density at radius 1 is 1.52 bits per heavy atom. The number of rotatable bonds is 5. The van der Waals surface area contributed by atoms with Crippen LogP contribution < -0.4 is 10.0 Å². The third-order valence-corrected chi connectivity index (χ3v) is 5.50. The molecule has 2 N–H and O–H groups in total. The molecular weight excluding hydrogens is 322 g/mol. The molecule has 2 heterocycles. The molecule has 0 aromatic carbocycles. The molecule has 1 fully saturated rings. The molecule has 0 bridgehead atoms. The number of carbonyl (C=O) groups is 1. The molecule has 23 heavy (non-hydrogen) atoms. The Bertz CT molecular complexity index is 672. The van der Waals surface area contributed by atoms with Gasteiger partial charge in [0.15, 0.2) is 0 Å². The monoisotopic (exact) mass is 345 g/mol. The van der Waals surface area contributed by atoms with Crippen LogP contribution in [0.1, 0.15) is 23.7 Å². The fraction of sp³-hybridized carbons (Fsp3) is 0.692. The van der Waals surface area contributed by atoms with Crippen molar-refractivity contribution in [3.05, 3.63) is 17.5 Å². The van der Waals surface area contributed by atoms with Crippen LogP contribution in [-0.2, 0) is 26.8 Å². The maximum Gasteiger partial charge on any atom is 0.280 e. The summed E-state index contributed by atoms with van der Waals surface area (Å²) < 4.78 is 34.8. The van der Waals surface area contributed by atoms with E-state index in [2.05, 4.69) is 15.1 Å². The summed E-state index contributed by atoms with van der Waals surface area (Å²) >= 11 is 0. The van der Waals surface area contributed by atoms with Crippen LogP contribution in [0.4, 0.5) is 0 Å². The normalized spacial score (nSPS) is 24.5. The van der Waals surface area contributed by atoms with Crippen LogP contribution in [0.25, 0.3) is 0 Å². The maximum atomic E-state index is 12.3. The minimum absolute atomic E-state index is 0.332. The highest BCUT2D eigenvalue weighted by Crippen LogP contribution is 2.29. The number of likely N-dealkylation sites (N-methyl/N-ethyl adjacent to an activating group) is 1. The summed E-state index contributed by atoms with van der Waals surface area (Å²) in [6.45, 7) is 2.53. The second kappa shape index (κ2) is 6.95. The number of methoxy groups -OCH3 is 1. The first kappa shape index (κ1) is 17.9. The Morgan fingerprint density at radius 2 is 2.22 bits per heavy atom. The molecule has 2 atom stereocenters. The van der Waals surface area contributed by atoms with Gasteiger partial charge in [-0.2, -0.15) is 22.5 Å². The molecule has 1 aromatic heterocycles. The lowest BCUT2D eigenvalue weighted by molar-refractivity contribution is -0.125. The van der Waals surface area contributed by atoms with E-state index in [4.69, 9.17) is 4.74 Å². The zero-order valence-corrected chi connectivity index (χ0v) is 14.6. The molecule has 0 radical (unpaired) electrons. The summed E-state index contributed by atoms with van der Waals surface area (Å²) in [7, 11) is 0.970. The zero-order valence-electron chi connectivity index (χ0n) is 13.7. The molecule has 0 unspecified atom stereocenters. The Balaban J connectivity index is 2.21. The predicted molar refractivity (Wildman–Crippen MR) is 83.8 cm³/mol. The SMILES string of the molecule is COCCNC(=O)[C@@H]1C[C@H](c2cn(C)nc2C)NS(=O)(=O)N1C. The van der Waals surface area contributed by atoms with Crippen molar-refractivity contribution < 1.29 is 17.9 Å². The third-order valence-electron chi connectivity index (χ3n) is 3.90. The van der Waals surface area contributed by atoms with Crippen LogP contribution in [0.15, 0.2) is 6.20 Å². The van der Waals surface area contributed by atoms with E-state index in [1.54, 1.807) is 17.9 Å². The van der Waals surface area contributed by atoms with Crippen molar-refractivity contribution in [1.29, 1.82) is 0 Å². The summed E-state index contributed by atoms with van der Waals surface area (Å²) in [5, 5.41) is 6.93. The first-order valence-electron chi connectivity index (χ1n) is 7.28. The molecule has 0 spiro atoms. The summed E-state index contributed by atoms with van der Waals surface area (Å²) in [6, 6.07) is -1.26. The number of ether oxygens (including phenoxy) is 1. The van der Waals surface area contributed by atoms with Crippen molar-refractivity contribution in [3.8, 4) is 0 Å². The smallest absolute Gasteiger partial charge is 0.280 e. The van der Waals surface area contributed by atoms with Crippen molar-refractivity contribution in [3.63, 3.8) is 0 Å². The lowest BCUT2D eigenvalue weighted by Crippen LogP contribution is -2.57. The maximum absolute atomic E-state index is 12.3. The van der Waals surface area contributed by atoms with Crippen molar-refractivity contribution in [2.45, 2.75) is 25.4 Å². The van der Waals surface area contributed by atoms with E-state index >= 15 is 0 Å². The minimum Gasteiger partial charge on any atom is -0.383 e. The molecule has 2 rings (SSSR count). The topological polar surface area (TPSA) is 106 Å². The van der Waals surface area contributed by atoms with Gasteiger partial charge in [0.25, 0.3) is 10.2 Å². The minimum atomic E-state index is -3.74. The van der Waals surface area contributed by atoms with Gasteiger partial charge in [-0.25, -0.2) is 0 Å². The molecule has 1 aromatic rings. The van der Waals surface area contributed by atoms with Crippen LogP contribution in [0.3, 0.4) is 0 Å². The molecule has 1 amide bonds. The van der Waals surface area contributed by atoms with E-state index in [0.717, 1.165) is 15.6 Å². The summed E-state index contributed by atoms with van der Waals surface area (Å²) in [5.41, 5.74) is 1.52. The highest BCUT2D eigenvalue weighted by molar-refractivity contribution is 7.87. The van der Waals surface area contributed by atoms with Crippen LogP contribution in [0.2, 0.25) is 0 Å². The molecule has 130 valence electrons. The van der Waals surface area contributed by atoms with Gasteiger partial charge in [-0.05, 0) is 13.3 Å². The van der Waals surface area contributed by atoms with Gasteiger partial charge in [-0.1, -0.05) is 0 Å². The summed E-state index contributed by atoms with van der Waals surface area (Å²) in [4.78, 5) is 12.3. The van der Waals surface area contributed by atoms with Crippen molar-refractivity contribution in [2.24, 2.45) is 7.05 Å². The summed E-state index contributed by atoms with van der Waals surface area (Å²) in [5.74, 6) is -0.332. The van der Waals surface area contributed by atoms with Crippen molar-refractivity contribution >= 4 is 16.1 Å². The zero-order chi connectivity index (χ0) is 17.2. The number of amides is 1. The van der Waals surface area contributed by atoms with E-state index in [1.807, 2.05) is 6.92 Å². The molecular formula is C13H23N5O4S. The largest absolute Gasteiger partial charge is 0.383 e. The molecule has 0 saturated carbocycles. The third kappa shape index (κ3) is 3.89.